The Balaban J connectivity index is 1.28. The average molecular weight is 431 g/mol. The molecule has 0 spiro atoms. The van der Waals surface area contributed by atoms with Crippen molar-refractivity contribution in [2.45, 2.75) is 19.5 Å². The van der Waals surface area contributed by atoms with Gasteiger partial charge >= 0.3 is 0 Å². The van der Waals surface area contributed by atoms with Crippen molar-refractivity contribution < 1.29 is 4.79 Å². The lowest BCUT2D eigenvalue weighted by molar-refractivity contribution is 0.0993. The number of nitrogens with zero attached hydrogens (tertiary/aromatic N) is 3. The van der Waals surface area contributed by atoms with E-state index in [-0.39, 0.29) is 5.78 Å². The summed E-state index contributed by atoms with van der Waals surface area (Å²) in [5.74, 6) is 0.109. The van der Waals surface area contributed by atoms with Crippen molar-refractivity contribution in [2.75, 3.05) is 26.2 Å². The number of fused-ring (bicyclic) bond motifs is 1. The zero-order chi connectivity index (χ0) is 21.0. The molecule has 1 aliphatic heterocycles. The number of ketones is 1. The third-order valence-corrected chi connectivity index (χ3v) is 6.84. The number of carbonyl (C=O) groups is 1. The van der Waals surface area contributed by atoms with Crippen LogP contribution in [0.25, 0.3) is 10.1 Å². The molecular formula is C25H26N4OS. The predicted molar refractivity (Wildman–Crippen MR) is 126 cm³/mol. The Labute approximate surface area is 186 Å². The molecular weight excluding hydrogens is 404 g/mol. The fourth-order valence-corrected chi connectivity index (χ4v) is 5.06. The summed E-state index contributed by atoms with van der Waals surface area (Å²) in [6.45, 7) is 5.93. The van der Waals surface area contributed by atoms with Crippen molar-refractivity contribution in [1.29, 1.82) is 0 Å². The van der Waals surface area contributed by atoms with Gasteiger partial charge in [-0.3, -0.25) is 14.4 Å². The number of aromatic nitrogens is 2. The largest absolute Gasteiger partial charge is 0.314 e. The summed E-state index contributed by atoms with van der Waals surface area (Å²) >= 11 is 1.79. The molecule has 2 aromatic carbocycles. The Morgan fingerprint density at radius 3 is 2.71 bits per heavy atom. The zero-order valence-electron chi connectivity index (χ0n) is 17.5. The molecule has 0 unspecified atom stereocenters. The number of piperazine rings is 1. The molecule has 6 heteroatoms. The van der Waals surface area contributed by atoms with Crippen LogP contribution in [0.1, 0.15) is 27.0 Å². The average Bonchev–Trinajstić information content (AvgIpc) is 3.43. The molecule has 3 heterocycles. The first-order chi connectivity index (χ1) is 15.2. The van der Waals surface area contributed by atoms with Crippen LogP contribution in [0.2, 0.25) is 0 Å². The normalized spacial score (nSPS) is 14.8. The number of nitrogens with one attached hydrogen (secondary N) is 1. The first kappa shape index (κ1) is 20.1. The molecule has 1 saturated heterocycles. The summed E-state index contributed by atoms with van der Waals surface area (Å²) in [5, 5.41) is 11.3. The molecule has 1 N–H and O–H groups in total. The Kier molecular flexibility index (Phi) is 5.93. The zero-order valence-corrected chi connectivity index (χ0v) is 18.3. The number of Topliss-reactive ketones (excluding diaryl/α,β-unsaturated/α-hetero) is 1. The lowest BCUT2D eigenvalue weighted by Gasteiger charge is -2.26. The number of rotatable bonds is 7. The topological polar surface area (TPSA) is 50.2 Å². The van der Waals surface area contributed by atoms with Gasteiger partial charge < -0.3 is 5.32 Å². The first-order valence-corrected chi connectivity index (χ1v) is 11.6. The number of benzene rings is 2. The summed E-state index contributed by atoms with van der Waals surface area (Å²) in [4.78, 5) is 15.4. The fraction of sp³-hybridized carbons (Fsp3) is 0.280. The van der Waals surface area contributed by atoms with Crippen LogP contribution in [-0.4, -0.2) is 46.6 Å². The van der Waals surface area contributed by atoms with Crippen LogP contribution < -0.4 is 5.32 Å². The third-order valence-electron chi connectivity index (χ3n) is 5.83. The summed E-state index contributed by atoms with van der Waals surface area (Å²) in [6, 6.07) is 16.6. The summed E-state index contributed by atoms with van der Waals surface area (Å²) in [7, 11) is 0. The van der Waals surface area contributed by atoms with Crippen LogP contribution in [-0.2, 0) is 19.5 Å². The second-order valence-electron chi connectivity index (χ2n) is 8.13. The number of thiophene rings is 1. The van der Waals surface area contributed by atoms with Crippen LogP contribution in [0.5, 0.6) is 0 Å². The smallest absolute Gasteiger partial charge is 0.170 e. The van der Waals surface area contributed by atoms with E-state index in [4.69, 9.17) is 0 Å². The summed E-state index contributed by atoms with van der Waals surface area (Å²) in [6.07, 6.45) is 3.94. The highest BCUT2D eigenvalue weighted by Gasteiger charge is 2.15. The van der Waals surface area contributed by atoms with E-state index in [0.29, 0.717) is 18.5 Å². The first-order valence-electron chi connectivity index (χ1n) is 10.8. The van der Waals surface area contributed by atoms with Gasteiger partial charge in [0.25, 0.3) is 0 Å². The molecule has 4 aromatic rings. The number of carbonyl (C=O) groups excluding carboxylic acids is 1. The minimum absolute atomic E-state index is 0.109. The van der Waals surface area contributed by atoms with Gasteiger partial charge in [0.05, 0.1) is 18.3 Å². The molecule has 0 amide bonds. The van der Waals surface area contributed by atoms with E-state index in [1.54, 1.807) is 17.5 Å². The molecule has 0 saturated carbocycles. The second kappa shape index (κ2) is 9.14. The van der Waals surface area contributed by atoms with E-state index in [0.717, 1.165) is 38.3 Å². The van der Waals surface area contributed by atoms with Crippen LogP contribution in [0.15, 0.2) is 66.3 Å². The van der Waals surface area contributed by atoms with Crippen LogP contribution in [0.4, 0.5) is 0 Å². The quantitative estimate of drug-likeness (QED) is 0.451. The molecule has 1 fully saturated rings. The monoisotopic (exact) mass is 430 g/mol. The van der Waals surface area contributed by atoms with Gasteiger partial charge in [-0.1, -0.05) is 36.4 Å². The summed E-state index contributed by atoms with van der Waals surface area (Å²) < 4.78 is 3.12. The van der Waals surface area contributed by atoms with Gasteiger partial charge in [0, 0.05) is 50.0 Å². The molecule has 0 atom stereocenters. The standard InChI is InChI=1S/C25H26N4OS/c30-24(21-14-27-29(17-21)15-19-4-2-1-3-5-19)13-20-6-7-25-23(12-20)22(18-31-25)16-28-10-8-26-9-11-28/h1-7,12,14,17-18,26H,8-11,13,15-16H2. The maximum atomic E-state index is 12.9. The van der Waals surface area contributed by atoms with Gasteiger partial charge in [0.1, 0.15) is 0 Å². The molecule has 0 bridgehead atoms. The Morgan fingerprint density at radius 1 is 1.03 bits per heavy atom. The Bertz CT molecular complexity index is 1170. The van der Waals surface area contributed by atoms with Crippen LogP contribution in [0, 0.1) is 0 Å². The number of hydrogen-bond donors (Lipinski definition) is 1. The maximum absolute atomic E-state index is 12.9. The van der Waals surface area contributed by atoms with E-state index in [1.165, 1.54) is 21.2 Å². The lowest BCUT2D eigenvalue weighted by Crippen LogP contribution is -2.42. The van der Waals surface area contributed by atoms with E-state index in [2.05, 4.69) is 51.0 Å². The van der Waals surface area contributed by atoms with E-state index in [9.17, 15) is 4.79 Å². The molecule has 31 heavy (non-hydrogen) atoms. The molecule has 5 nitrogen and oxygen atoms in total. The highest BCUT2D eigenvalue weighted by molar-refractivity contribution is 7.17. The molecule has 0 aliphatic carbocycles. The third kappa shape index (κ3) is 4.77. The van der Waals surface area contributed by atoms with Crippen molar-refractivity contribution in [3.8, 4) is 0 Å². The van der Waals surface area contributed by atoms with Gasteiger partial charge in [-0.15, -0.1) is 11.3 Å². The molecule has 158 valence electrons. The number of hydrogen-bond acceptors (Lipinski definition) is 5. The van der Waals surface area contributed by atoms with E-state index >= 15 is 0 Å². The molecule has 1 aliphatic rings. The molecule has 5 rings (SSSR count). The van der Waals surface area contributed by atoms with E-state index < -0.39 is 0 Å². The van der Waals surface area contributed by atoms with E-state index in [1.807, 2.05) is 29.1 Å². The van der Waals surface area contributed by atoms with Crippen molar-refractivity contribution in [3.63, 3.8) is 0 Å². The van der Waals surface area contributed by atoms with Crippen molar-refractivity contribution in [3.05, 3.63) is 88.6 Å². The summed E-state index contributed by atoms with van der Waals surface area (Å²) in [5.41, 5.74) is 4.27. The minimum atomic E-state index is 0.109. The van der Waals surface area contributed by atoms with Gasteiger partial charge in [-0.05, 0) is 39.6 Å². The van der Waals surface area contributed by atoms with Crippen LogP contribution >= 0.6 is 11.3 Å². The Morgan fingerprint density at radius 2 is 1.87 bits per heavy atom. The highest BCUT2D eigenvalue weighted by Crippen LogP contribution is 2.28. The highest BCUT2D eigenvalue weighted by atomic mass is 32.1. The van der Waals surface area contributed by atoms with Gasteiger partial charge in [0.15, 0.2) is 5.78 Å². The molecule has 2 aromatic heterocycles. The molecule has 0 radical (unpaired) electrons. The van der Waals surface area contributed by atoms with Crippen molar-refractivity contribution >= 4 is 27.2 Å². The van der Waals surface area contributed by atoms with Gasteiger partial charge in [-0.2, -0.15) is 5.10 Å². The fourth-order valence-electron chi connectivity index (χ4n) is 4.12. The maximum Gasteiger partial charge on any atom is 0.170 e. The SMILES string of the molecule is O=C(Cc1ccc2scc(CN3CCNCC3)c2c1)c1cnn(Cc2ccccc2)c1. The second-order valence-corrected chi connectivity index (χ2v) is 9.04. The lowest BCUT2D eigenvalue weighted by atomic mass is 10.0. The van der Waals surface area contributed by atoms with Gasteiger partial charge in [0.2, 0.25) is 0 Å². The predicted octanol–water partition coefficient (Wildman–Crippen LogP) is 3.98. The van der Waals surface area contributed by atoms with Crippen molar-refractivity contribution in [1.82, 2.24) is 20.0 Å². The van der Waals surface area contributed by atoms with Crippen LogP contribution in [0.3, 0.4) is 0 Å². The van der Waals surface area contributed by atoms with Gasteiger partial charge in [-0.25, -0.2) is 0 Å². The minimum Gasteiger partial charge on any atom is -0.314 e. The van der Waals surface area contributed by atoms with Crippen molar-refractivity contribution in [2.24, 2.45) is 0 Å². The Hall–Kier alpha value is -2.80.